The summed E-state index contributed by atoms with van der Waals surface area (Å²) >= 11 is 0. The van der Waals surface area contributed by atoms with Gasteiger partial charge in [-0.15, -0.1) is 0 Å². The zero-order chi connectivity index (χ0) is 29.1. The first kappa shape index (κ1) is 31.6. The van der Waals surface area contributed by atoms with Crippen molar-refractivity contribution in [3.05, 3.63) is 59.7 Å². The molecule has 1 heterocycles. The monoisotopic (exact) mass is 552 g/mol. The summed E-state index contributed by atoms with van der Waals surface area (Å²) < 4.78 is 17.1. The summed E-state index contributed by atoms with van der Waals surface area (Å²) in [5, 5.41) is 0. The van der Waals surface area contributed by atoms with Crippen LogP contribution in [-0.4, -0.2) is 62.5 Å². The van der Waals surface area contributed by atoms with E-state index in [4.69, 9.17) is 14.2 Å². The van der Waals surface area contributed by atoms with Crippen molar-refractivity contribution in [2.75, 3.05) is 45.0 Å². The minimum absolute atomic E-state index is 0.0771. The van der Waals surface area contributed by atoms with E-state index in [1.807, 2.05) is 42.2 Å². The quantitative estimate of drug-likeness (QED) is 0.196. The Morgan fingerprint density at radius 1 is 0.950 bits per heavy atom. The second kappa shape index (κ2) is 15.2. The number of hydrogen-bond donors (Lipinski definition) is 0. The van der Waals surface area contributed by atoms with Gasteiger partial charge in [0.1, 0.15) is 5.75 Å². The van der Waals surface area contributed by atoms with Gasteiger partial charge < -0.3 is 24.0 Å². The molecule has 0 N–H and O–H groups in total. The molecule has 0 spiro atoms. The highest BCUT2D eigenvalue weighted by molar-refractivity contribution is 5.94. The Labute approximate surface area is 240 Å². The van der Waals surface area contributed by atoms with E-state index in [0.717, 1.165) is 55.0 Å². The van der Waals surface area contributed by atoms with Gasteiger partial charge in [0.15, 0.2) is 0 Å². The second-order valence-electron chi connectivity index (χ2n) is 11.4. The van der Waals surface area contributed by atoms with Crippen LogP contribution >= 0.6 is 0 Å². The van der Waals surface area contributed by atoms with E-state index >= 15 is 0 Å². The Hall–Kier alpha value is -2.90. The minimum atomic E-state index is -0.378. The van der Waals surface area contributed by atoms with Crippen molar-refractivity contribution in [1.29, 1.82) is 0 Å². The molecule has 0 saturated carbocycles. The fourth-order valence-corrected chi connectivity index (χ4v) is 5.63. The third kappa shape index (κ3) is 8.07. The summed E-state index contributed by atoms with van der Waals surface area (Å²) in [6.07, 6.45) is 3.13. The lowest BCUT2D eigenvalue weighted by Crippen LogP contribution is -2.60. The lowest BCUT2D eigenvalue weighted by molar-refractivity contribution is -0.150. The average Bonchev–Trinajstić information content (AvgIpc) is 2.94. The number of benzene rings is 2. The van der Waals surface area contributed by atoms with Crippen molar-refractivity contribution in [2.45, 2.75) is 84.1 Å². The number of hydrogen-bond acceptors (Lipinski definition) is 6. The molecule has 1 aliphatic heterocycles. The van der Waals surface area contributed by atoms with E-state index in [0.29, 0.717) is 37.7 Å². The molecule has 0 aliphatic carbocycles. The molecular formula is C33H48N2O5. The van der Waals surface area contributed by atoms with Crippen LogP contribution in [0.4, 0.5) is 5.69 Å². The molecule has 2 aromatic carbocycles. The molecule has 0 bridgehead atoms. The third-order valence-corrected chi connectivity index (χ3v) is 7.84. The second-order valence-corrected chi connectivity index (χ2v) is 11.4. The van der Waals surface area contributed by atoms with Crippen LogP contribution in [-0.2, 0) is 19.1 Å². The largest absolute Gasteiger partial charge is 0.457 e. The van der Waals surface area contributed by atoms with Crippen LogP contribution < -0.4 is 9.64 Å². The first-order chi connectivity index (χ1) is 19.2. The summed E-state index contributed by atoms with van der Waals surface area (Å²) in [6, 6.07) is 16.1. The molecule has 2 aromatic rings. The molecule has 7 heteroatoms. The lowest BCUT2D eigenvalue weighted by Gasteiger charge is -2.48. The van der Waals surface area contributed by atoms with Crippen LogP contribution in [0.5, 0.6) is 5.75 Å². The van der Waals surface area contributed by atoms with Crippen LogP contribution in [0.15, 0.2) is 48.5 Å². The summed E-state index contributed by atoms with van der Waals surface area (Å²) in [4.78, 5) is 29.9. The Kier molecular flexibility index (Phi) is 12.0. The number of nitrogens with zero attached hydrogens (tertiary/aromatic N) is 2. The summed E-state index contributed by atoms with van der Waals surface area (Å²) in [6.45, 7) is 13.4. The van der Waals surface area contributed by atoms with Crippen LogP contribution in [0.3, 0.4) is 0 Å². The molecule has 0 radical (unpaired) electrons. The zero-order valence-corrected chi connectivity index (χ0v) is 25.3. The van der Waals surface area contributed by atoms with Gasteiger partial charge in [0.25, 0.3) is 0 Å². The molecule has 1 amide bonds. The topological polar surface area (TPSA) is 68.3 Å². The fourth-order valence-electron chi connectivity index (χ4n) is 5.63. The van der Waals surface area contributed by atoms with E-state index in [1.54, 1.807) is 7.11 Å². The number of amides is 1. The van der Waals surface area contributed by atoms with E-state index in [2.05, 4.69) is 50.8 Å². The molecule has 0 unspecified atom stereocenters. The van der Waals surface area contributed by atoms with Crippen LogP contribution in [0.25, 0.3) is 0 Å². The highest BCUT2D eigenvalue weighted by atomic mass is 16.7. The highest BCUT2D eigenvalue weighted by Gasteiger charge is 2.42. The van der Waals surface area contributed by atoms with Crippen molar-refractivity contribution >= 4 is 17.6 Å². The lowest BCUT2D eigenvalue weighted by atomic mass is 9.85. The predicted octanol–water partition coefficient (Wildman–Crippen LogP) is 6.52. The van der Waals surface area contributed by atoms with Gasteiger partial charge in [-0.2, -0.15) is 0 Å². The first-order valence-corrected chi connectivity index (χ1v) is 14.7. The molecule has 1 saturated heterocycles. The van der Waals surface area contributed by atoms with Crippen molar-refractivity contribution < 1.29 is 23.8 Å². The fraction of sp³-hybridized carbons (Fsp3) is 0.576. The van der Waals surface area contributed by atoms with Crippen LogP contribution in [0, 0.1) is 0 Å². The molecule has 40 heavy (non-hydrogen) atoms. The number of ether oxygens (including phenoxy) is 3. The van der Waals surface area contributed by atoms with Crippen LogP contribution in [0.2, 0.25) is 0 Å². The number of piperidine rings is 1. The number of anilines is 1. The molecule has 3 rings (SSSR count). The Balaban J connectivity index is 1.50. The van der Waals surface area contributed by atoms with Crippen LogP contribution in [0.1, 0.15) is 89.7 Å². The van der Waals surface area contributed by atoms with Gasteiger partial charge >= 0.3 is 5.97 Å². The molecule has 7 nitrogen and oxygen atoms in total. The maximum absolute atomic E-state index is 13.1. The molecule has 1 aliphatic rings. The number of rotatable bonds is 14. The summed E-state index contributed by atoms with van der Waals surface area (Å²) in [7, 11) is 1.70. The first-order valence-electron chi connectivity index (χ1n) is 14.7. The number of carbonyl (C=O) groups excluding carboxylic acids is 2. The zero-order valence-electron chi connectivity index (χ0n) is 25.3. The summed E-state index contributed by atoms with van der Waals surface area (Å²) in [5.41, 5.74) is 2.80. The molecule has 0 atom stereocenters. The predicted molar refractivity (Wildman–Crippen MR) is 160 cm³/mol. The number of carbonyl (C=O) groups is 2. The number of likely N-dealkylation sites (tertiary alicyclic amines) is 1. The Bertz CT molecular complexity index is 1050. The third-order valence-electron chi connectivity index (χ3n) is 7.84. The van der Waals surface area contributed by atoms with Gasteiger partial charge in [-0.05, 0) is 60.9 Å². The van der Waals surface area contributed by atoms with Crippen molar-refractivity contribution in [3.63, 3.8) is 0 Å². The smallest absolute Gasteiger partial charge is 0.308 e. The average molecular weight is 553 g/mol. The van der Waals surface area contributed by atoms with Gasteiger partial charge in [0.05, 0.1) is 12.1 Å². The Morgan fingerprint density at radius 3 is 2.12 bits per heavy atom. The number of esters is 1. The summed E-state index contributed by atoms with van der Waals surface area (Å²) in [5.74, 6) is 1.33. The van der Waals surface area contributed by atoms with Gasteiger partial charge in [0, 0.05) is 38.7 Å². The van der Waals surface area contributed by atoms with Crippen molar-refractivity contribution in [2.24, 2.45) is 0 Å². The van der Waals surface area contributed by atoms with Gasteiger partial charge in [-0.1, -0.05) is 71.0 Å². The normalized spacial score (nSPS) is 15.3. The van der Waals surface area contributed by atoms with Gasteiger partial charge in [-0.25, -0.2) is 0 Å². The van der Waals surface area contributed by atoms with E-state index < -0.39 is 0 Å². The highest BCUT2D eigenvalue weighted by Crippen LogP contribution is 2.36. The molecule has 1 fully saturated rings. The standard InChI is InChI=1S/C33H48N2O5/c1-7-30(36)35(27-13-9-8-10-14-27)33(23-38-6)18-21-34(22-19-33)20-12-17-31(37)39-24-40-32-28(25(2)3)15-11-16-29(32)26(4)5/h8-11,13-16,25-26H,7,12,17-24H2,1-6H3. The van der Waals surface area contributed by atoms with Crippen molar-refractivity contribution in [1.82, 2.24) is 4.90 Å². The van der Waals surface area contributed by atoms with Gasteiger partial charge in [-0.3, -0.25) is 9.59 Å². The van der Waals surface area contributed by atoms with E-state index in [9.17, 15) is 9.59 Å². The SMILES string of the molecule is CCC(=O)N(c1ccccc1)C1(COC)CCN(CCCC(=O)OCOc2c(C(C)C)cccc2C(C)C)CC1. The maximum atomic E-state index is 13.1. The van der Waals surface area contributed by atoms with E-state index in [1.165, 1.54) is 0 Å². The van der Waals surface area contributed by atoms with Crippen molar-refractivity contribution in [3.8, 4) is 5.75 Å². The Morgan fingerprint density at radius 2 is 1.57 bits per heavy atom. The molecular weight excluding hydrogens is 504 g/mol. The number of methoxy groups -OCH3 is 1. The molecule has 220 valence electrons. The minimum Gasteiger partial charge on any atom is -0.457 e. The number of para-hydroxylation sites is 2. The molecule has 0 aromatic heterocycles. The van der Waals surface area contributed by atoms with Gasteiger partial charge in [0.2, 0.25) is 12.7 Å². The maximum Gasteiger partial charge on any atom is 0.308 e. The van der Waals surface area contributed by atoms with E-state index in [-0.39, 0.29) is 24.2 Å².